The number of hydrogen-bond donors (Lipinski definition) is 0. The Kier molecular flexibility index (Phi) is 10.6. The molecule has 0 unspecified atom stereocenters. The third-order valence-corrected chi connectivity index (χ3v) is 6.80. The molecule has 0 N–H and O–H groups in total. The average molecular weight is 780 g/mol. The minimum absolute atomic E-state index is 1.56. The molecule has 0 aliphatic heterocycles. The summed E-state index contributed by atoms with van der Waals surface area (Å²) in [5.74, 6) is -75.1. The highest BCUT2D eigenvalue weighted by molar-refractivity contribution is 6.93. The maximum Gasteiger partial charge on any atom is 0.600 e. The van der Waals surface area contributed by atoms with Crippen LogP contribution in [0.3, 0.4) is 0 Å². The summed E-state index contributed by atoms with van der Waals surface area (Å²) >= 11 is 0. The molecule has 0 spiro atoms. The third-order valence-electron chi connectivity index (χ3n) is 4.43. The first-order valence-corrected chi connectivity index (χ1v) is 10.9. The highest BCUT2D eigenvalue weighted by Crippen LogP contribution is 2.65. The van der Waals surface area contributed by atoms with Gasteiger partial charge >= 0.3 is 81.4 Å². The fourth-order valence-electron chi connectivity index (χ4n) is 2.35. The zero-order valence-corrected chi connectivity index (χ0v) is 20.2. The molecule has 0 atom stereocenters. The molecule has 0 saturated carbocycles. The lowest BCUT2D eigenvalue weighted by Gasteiger charge is -2.44. The molecule has 0 heterocycles. The minimum Gasteiger partial charge on any atom is -0.289 e. The second-order valence-electron chi connectivity index (χ2n) is 7.62. The first-order chi connectivity index (χ1) is 19.3. The first kappa shape index (κ1) is 43.8. The second kappa shape index (κ2) is 11.2. The summed E-state index contributed by atoms with van der Waals surface area (Å²) in [4.78, 5) is 11.5. The van der Waals surface area contributed by atoms with Gasteiger partial charge in [-0.1, -0.05) is 0 Å². The summed E-state index contributed by atoms with van der Waals surface area (Å²) in [6, 6.07) is 0. The number of halogens is 28. The van der Waals surface area contributed by atoms with E-state index in [1.807, 2.05) is 0 Å². The fourth-order valence-corrected chi connectivity index (χ4v) is 4.21. The molecule has 0 radical (unpaired) electrons. The average Bonchev–Trinajstić information content (AvgIpc) is 2.72. The Labute approximate surface area is 229 Å². The van der Waals surface area contributed by atoms with Crippen molar-refractivity contribution in [3.8, 4) is 0 Å². The van der Waals surface area contributed by atoms with Gasteiger partial charge in [0.15, 0.2) is 0 Å². The Morgan fingerprint density at radius 1 is 0.326 bits per heavy atom. The van der Waals surface area contributed by atoms with E-state index in [1.165, 1.54) is 0 Å². The number of carbonyl (C=O) groups is 1. The van der Waals surface area contributed by atoms with E-state index in [0.717, 1.165) is 0 Å². The van der Waals surface area contributed by atoms with E-state index < -0.39 is 86.9 Å². The van der Waals surface area contributed by atoms with E-state index in [2.05, 4.69) is 0 Å². The van der Waals surface area contributed by atoms with Crippen molar-refractivity contribution >= 4 is 14.2 Å². The molecule has 0 aliphatic rings. The lowest BCUT2D eigenvalue weighted by molar-refractivity contribution is -0.467. The second-order valence-corrected chi connectivity index (χ2v) is 9.80. The molecule has 33 heteroatoms. The predicted molar refractivity (Wildman–Crippen MR) is 77.8 cm³/mol. The van der Waals surface area contributed by atoms with Gasteiger partial charge in [0.1, 0.15) is 0 Å². The zero-order valence-electron chi connectivity index (χ0n) is 19.2. The summed E-state index contributed by atoms with van der Waals surface area (Å²) in [5, 5.41) is -5.96. The van der Waals surface area contributed by atoms with Crippen molar-refractivity contribution in [2.45, 2.75) is 72.6 Å². The van der Waals surface area contributed by atoms with Gasteiger partial charge in [0.25, 0.3) is 5.41 Å². The van der Waals surface area contributed by atoms with E-state index >= 15 is 0 Å². The molecule has 0 rings (SSSR count). The standard InChI is InChI=1S/C13F28O4Si/c14-2(15,1(42)46(43-11(33,34)35,44-12(36,37)38)45-13(39,40)41)3(16,17)4(18,19)5(20,21)6(22,23)7(24,25)8(26,27)9(28,29)10(30,31)32. The van der Waals surface area contributed by atoms with Gasteiger partial charge in [-0.15, -0.1) is 39.5 Å². The maximum atomic E-state index is 14.0. The minimum atomic E-state index is -9.85. The summed E-state index contributed by atoms with van der Waals surface area (Å²) in [6.45, 7) is 0. The van der Waals surface area contributed by atoms with Crippen LogP contribution in [0.2, 0.25) is 0 Å². The lowest BCUT2D eigenvalue weighted by Crippen LogP contribution is -2.77. The van der Waals surface area contributed by atoms with Crippen LogP contribution in [-0.2, 0) is 18.1 Å². The molecule has 0 aromatic carbocycles. The predicted octanol–water partition coefficient (Wildman–Crippen LogP) is 8.29. The number of carbonyl (C=O) groups excluding carboxylic acids is 1. The molecule has 0 bridgehead atoms. The molecule has 0 aliphatic carbocycles. The molecule has 0 fully saturated rings. The highest BCUT2D eigenvalue weighted by atomic mass is 28.4. The first-order valence-electron chi connectivity index (χ1n) is 9.22. The molecule has 0 aromatic rings. The largest absolute Gasteiger partial charge is 0.600 e. The number of hydrogen-bond acceptors (Lipinski definition) is 4. The van der Waals surface area contributed by atoms with Gasteiger partial charge in [0.2, 0.25) is 0 Å². The van der Waals surface area contributed by atoms with E-state index in [1.54, 1.807) is 13.3 Å². The van der Waals surface area contributed by atoms with Crippen molar-refractivity contribution in [3.63, 3.8) is 0 Å². The van der Waals surface area contributed by atoms with E-state index in [0.29, 0.717) is 0 Å². The van der Waals surface area contributed by atoms with Crippen molar-refractivity contribution in [2.75, 3.05) is 0 Å². The molecule has 0 aromatic heterocycles. The van der Waals surface area contributed by atoms with E-state index in [4.69, 9.17) is 0 Å². The van der Waals surface area contributed by atoms with Gasteiger partial charge in [-0.3, -0.25) is 18.1 Å². The number of alkyl halides is 28. The lowest BCUT2D eigenvalue weighted by atomic mass is 9.87. The van der Waals surface area contributed by atoms with Crippen LogP contribution in [0, 0.1) is 0 Å². The Morgan fingerprint density at radius 3 is 0.717 bits per heavy atom. The topological polar surface area (TPSA) is 44.8 Å². The van der Waals surface area contributed by atoms with E-state index in [-0.39, 0.29) is 0 Å². The van der Waals surface area contributed by atoms with Crippen LogP contribution in [0.1, 0.15) is 0 Å². The third kappa shape index (κ3) is 6.99. The summed E-state index contributed by atoms with van der Waals surface area (Å²) in [6.07, 6.45) is -30.8. The van der Waals surface area contributed by atoms with Crippen LogP contribution in [0.15, 0.2) is 0 Å². The Hall–Kier alpha value is -2.19. The van der Waals surface area contributed by atoms with Crippen molar-refractivity contribution < 1.29 is 141 Å². The van der Waals surface area contributed by atoms with Crippen LogP contribution in [0.4, 0.5) is 123 Å². The highest BCUT2D eigenvalue weighted by Gasteiger charge is 2.97. The smallest absolute Gasteiger partial charge is 0.289 e. The van der Waals surface area contributed by atoms with Crippen molar-refractivity contribution in [3.05, 3.63) is 0 Å². The van der Waals surface area contributed by atoms with Gasteiger partial charge in [-0.05, 0) is 0 Å². The molecular weight excluding hydrogens is 780 g/mol. The molecular formula is C13F28O4Si. The Bertz CT molecular complexity index is 1070. The van der Waals surface area contributed by atoms with Crippen molar-refractivity contribution in [1.29, 1.82) is 0 Å². The molecule has 0 amide bonds. The quantitative estimate of drug-likeness (QED) is 0.148. The van der Waals surface area contributed by atoms with Crippen molar-refractivity contribution in [1.82, 2.24) is 0 Å². The van der Waals surface area contributed by atoms with Crippen molar-refractivity contribution in [2.24, 2.45) is 0 Å². The van der Waals surface area contributed by atoms with Crippen LogP contribution in [0.5, 0.6) is 0 Å². The molecule has 46 heavy (non-hydrogen) atoms. The Balaban J connectivity index is 7.66. The monoisotopic (exact) mass is 780 g/mol. The van der Waals surface area contributed by atoms with Crippen LogP contribution in [0.25, 0.3) is 0 Å². The van der Waals surface area contributed by atoms with E-state index in [9.17, 15) is 128 Å². The van der Waals surface area contributed by atoms with Gasteiger partial charge < -0.3 is 0 Å². The zero-order chi connectivity index (χ0) is 38.2. The van der Waals surface area contributed by atoms with Gasteiger partial charge in [0.05, 0.1) is 0 Å². The molecule has 0 saturated heterocycles. The van der Waals surface area contributed by atoms with Crippen LogP contribution >= 0.6 is 0 Å². The number of rotatable bonds is 12. The van der Waals surface area contributed by atoms with Crippen LogP contribution in [-0.4, -0.2) is 86.9 Å². The Morgan fingerprint density at radius 2 is 0.522 bits per heavy atom. The van der Waals surface area contributed by atoms with Gasteiger partial charge in [-0.25, -0.2) is 0 Å². The summed E-state index contributed by atoms with van der Waals surface area (Å²) in [7, 11) is -9.85. The normalized spacial score (nSPS) is 16.6. The maximum absolute atomic E-state index is 14.0. The summed E-state index contributed by atoms with van der Waals surface area (Å²) in [5.41, 5.74) is 0. The molecule has 4 nitrogen and oxygen atoms in total. The van der Waals surface area contributed by atoms with Gasteiger partial charge in [-0.2, -0.15) is 83.4 Å². The molecule has 276 valence electrons. The SMILES string of the molecule is O=C(C(F)(F)C(F)(F)C(F)(F)C(F)(F)C(F)(F)C(F)(F)C(F)(F)C(F)(F)C(F)(F)F)[Si](OC(F)(F)F)(OC(F)(F)F)OC(F)(F)F. The fraction of sp³-hybridized carbons (Fsp3) is 0.923. The summed E-state index contributed by atoms with van der Waals surface area (Å²) < 4.78 is 369. The van der Waals surface area contributed by atoms with Gasteiger partial charge in [0, 0.05) is 0 Å². The van der Waals surface area contributed by atoms with Crippen LogP contribution < -0.4 is 0 Å².